The minimum atomic E-state index is 0.556. The fraction of sp³-hybridized carbons (Fsp3) is 0. The van der Waals surface area contributed by atoms with Crippen molar-refractivity contribution in [1.82, 2.24) is 4.98 Å². The molecule has 0 aromatic carbocycles. The summed E-state index contributed by atoms with van der Waals surface area (Å²) in [6.45, 7) is 0. The summed E-state index contributed by atoms with van der Waals surface area (Å²) in [6, 6.07) is 0. The maximum absolute atomic E-state index is 9.71. The number of aromatic nitrogens is 1. The van der Waals surface area contributed by atoms with E-state index in [1.54, 1.807) is 11.8 Å². The molecule has 7 heavy (non-hydrogen) atoms. The lowest BCUT2D eigenvalue weighted by Crippen LogP contribution is -1.64. The van der Waals surface area contributed by atoms with Gasteiger partial charge in [-0.25, -0.2) is 0 Å². The molecule has 0 aliphatic carbocycles. The molecule has 0 spiro atoms. The van der Waals surface area contributed by atoms with E-state index in [4.69, 9.17) is 0 Å². The number of carbonyl (C=O) groups excluding carboxylic acids is 1. The highest BCUT2D eigenvalue weighted by Crippen LogP contribution is 1.98. The van der Waals surface area contributed by atoms with Crippen LogP contribution >= 0.6 is 11.3 Å². The van der Waals surface area contributed by atoms with Crippen LogP contribution in [0.3, 0.4) is 0 Å². The van der Waals surface area contributed by atoms with E-state index in [9.17, 15) is 4.79 Å². The average molecular weight is 112 g/mol. The van der Waals surface area contributed by atoms with E-state index in [0.29, 0.717) is 4.88 Å². The second-order valence-electron chi connectivity index (χ2n) is 0.968. The third kappa shape index (κ3) is 0.838. The van der Waals surface area contributed by atoms with Crippen LogP contribution in [0.25, 0.3) is 0 Å². The van der Waals surface area contributed by atoms with E-state index >= 15 is 0 Å². The summed E-state index contributed by atoms with van der Waals surface area (Å²) in [5.74, 6) is 0. The van der Waals surface area contributed by atoms with Gasteiger partial charge < -0.3 is 0 Å². The van der Waals surface area contributed by atoms with E-state index in [1.807, 2.05) is 0 Å². The second-order valence-corrected chi connectivity index (χ2v) is 1.85. The van der Waals surface area contributed by atoms with Gasteiger partial charge in [0, 0.05) is 6.20 Å². The van der Waals surface area contributed by atoms with Gasteiger partial charge in [-0.05, 0) is 0 Å². The van der Waals surface area contributed by atoms with Crippen molar-refractivity contribution in [1.29, 1.82) is 0 Å². The molecule has 0 fully saturated rings. The maximum atomic E-state index is 9.71. The van der Waals surface area contributed by atoms with Crippen molar-refractivity contribution in [3.8, 4) is 0 Å². The molecule has 2 nitrogen and oxygen atoms in total. The minimum absolute atomic E-state index is 0.556. The number of hydrogen-bond acceptors (Lipinski definition) is 3. The Kier molecular flexibility index (Phi) is 1.17. The molecule has 0 saturated carbocycles. The molecule has 0 bridgehead atoms. The molecule has 1 rings (SSSR count). The molecule has 0 aliphatic rings. The molecule has 1 heterocycles. The Bertz CT molecular complexity index is 147. The third-order valence-corrected chi connectivity index (χ3v) is 1.20. The van der Waals surface area contributed by atoms with Crippen molar-refractivity contribution in [3.63, 3.8) is 0 Å². The Morgan fingerprint density at radius 2 is 2.71 bits per heavy atom. The second kappa shape index (κ2) is 1.84. The van der Waals surface area contributed by atoms with E-state index in [1.165, 1.54) is 17.5 Å². The van der Waals surface area contributed by atoms with Crippen LogP contribution in [-0.4, -0.2) is 11.3 Å². The van der Waals surface area contributed by atoms with Gasteiger partial charge in [0.2, 0.25) is 6.29 Å². The predicted molar refractivity (Wildman–Crippen MR) is 26.9 cm³/mol. The molecule has 1 aromatic rings. The summed E-state index contributed by atoms with van der Waals surface area (Å²) in [4.78, 5) is 13.9. The lowest BCUT2D eigenvalue weighted by molar-refractivity contribution is 0.563. The first kappa shape index (κ1) is 4.46. The van der Waals surface area contributed by atoms with Gasteiger partial charge in [0.25, 0.3) is 0 Å². The molecule has 35 valence electrons. The van der Waals surface area contributed by atoms with Crippen LogP contribution < -0.4 is 0 Å². The van der Waals surface area contributed by atoms with Gasteiger partial charge in [0.15, 0.2) is 0 Å². The zero-order valence-electron chi connectivity index (χ0n) is 3.42. The number of rotatable bonds is 1. The normalized spacial score (nSPS) is 8.57. The molecule has 1 radical (unpaired) electrons. The van der Waals surface area contributed by atoms with E-state index in [2.05, 4.69) is 4.98 Å². The van der Waals surface area contributed by atoms with Gasteiger partial charge in [0.05, 0.1) is 10.4 Å². The summed E-state index contributed by atoms with van der Waals surface area (Å²) in [5.41, 5.74) is 1.60. The van der Waals surface area contributed by atoms with Crippen LogP contribution in [0.1, 0.15) is 4.88 Å². The summed E-state index contributed by atoms with van der Waals surface area (Å²) in [5, 5.41) is 0. The standard InChI is InChI=1S/C4H2NOS/c6-2-4-1-5-3-7-4/h1,3H. The first-order chi connectivity index (χ1) is 3.43. The fourth-order valence-corrected chi connectivity index (χ4v) is 0.671. The molecule has 0 aliphatic heterocycles. The maximum Gasteiger partial charge on any atom is 0.245 e. The van der Waals surface area contributed by atoms with Crippen molar-refractivity contribution >= 4 is 17.6 Å². The molecule has 0 unspecified atom stereocenters. The quantitative estimate of drug-likeness (QED) is 0.532. The van der Waals surface area contributed by atoms with Gasteiger partial charge in [0.1, 0.15) is 0 Å². The zero-order chi connectivity index (χ0) is 5.11. The lowest BCUT2D eigenvalue weighted by atomic mass is 10.6. The zero-order valence-corrected chi connectivity index (χ0v) is 4.23. The number of nitrogens with zero attached hydrogens (tertiary/aromatic N) is 1. The van der Waals surface area contributed by atoms with Crippen molar-refractivity contribution in [2.75, 3.05) is 0 Å². The van der Waals surface area contributed by atoms with Gasteiger partial charge in [-0.2, -0.15) is 0 Å². The molecular weight excluding hydrogens is 110 g/mol. The molecule has 0 atom stereocenters. The van der Waals surface area contributed by atoms with Crippen LogP contribution in [0, 0.1) is 0 Å². The van der Waals surface area contributed by atoms with E-state index in [0.717, 1.165) is 0 Å². The van der Waals surface area contributed by atoms with Crippen molar-refractivity contribution < 1.29 is 4.79 Å². The van der Waals surface area contributed by atoms with Crippen LogP contribution in [0.4, 0.5) is 0 Å². The Morgan fingerprint density at radius 3 is 3.00 bits per heavy atom. The predicted octanol–water partition coefficient (Wildman–Crippen LogP) is 0.601. The van der Waals surface area contributed by atoms with Gasteiger partial charge in [-0.3, -0.25) is 9.78 Å². The largest absolute Gasteiger partial charge is 0.284 e. The minimum Gasteiger partial charge on any atom is -0.284 e. The van der Waals surface area contributed by atoms with E-state index < -0.39 is 0 Å². The summed E-state index contributed by atoms with van der Waals surface area (Å²) >= 11 is 1.29. The smallest absolute Gasteiger partial charge is 0.245 e. The van der Waals surface area contributed by atoms with Crippen LogP contribution in [0.15, 0.2) is 11.7 Å². The summed E-state index contributed by atoms with van der Waals surface area (Å²) < 4.78 is 0. The Labute approximate surface area is 44.8 Å². The van der Waals surface area contributed by atoms with E-state index in [-0.39, 0.29) is 0 Å². The van der Waals surface area contributed by atoms with Gasteiger partial charge in [-0.1, -0.05) is 0 Å². The SMILES string of the molecule is O=[C]c1cncs1. The van der Waals surface area contributed by atoms with Gasteiger partial charge >= 0.3 is 0 Å². The first-order valence-corrected chi connectivity index (χ1v) is 2.58. The van der Waals surface area contributed by atoms with Crippen molar-refractivity contribution in [2.45, 2.75) is 0 Å². The Morgan fingerprint density at radius 1 is 1.86 bits per heavy atom. The Balaban J connectivity index is 2.96. The summed E-state index contributed by atoms with van der Waals surface area (Å²) in [7, 11) is 0. The highest BCUT2D eigenvalue weighted by Gasteiger charge is 1.86. The van der Waals surface area contributed by atoms with Crippen molar-refractivity contribution in [3.05, 3.63) is 16.6 Å². The molecule has 1 aromatic heterocycles. The van der Waals surface area contributed by atoms with Crippen molar-refractivity contribution in [2.24, 2.45) is 0 Å². The number of thiazole rings is 1. The molecular formula is C4H2NOS. The molecule has 0 N–H and O–H groups in total. The number of hydrogen-bond donors (Lipinski definition) is 0. The van der Waals surface area contributed by atoms with Crippen LogP contribution in [-0.2, 0) is 4.79 Å². The average Bonchev–Trinajstić information content (AvgIpc) is 2.14. The summed E-state index contributed by atoms with van der Waals surface area (Å²) in [6.07, 6.45) is 3.20. The van der Waals surface area contributed by atoms with Gasteiger partial charge in [-0.15, -0.1) is 11.3 Å². The third-order valence-electron chi connectivity index (χ3n) is 0.533. The molecule has 0 amide bonds. The molecule has 3 heteroatoms. The highest BCUT2D eigenvalue weighted by molar-refractivity contribution is 7.11. The Hall–Kier alpha value is -0.700. The highest BCUT2D eigenvalue weighted by atomic mass is 32.1. The first-order valence-electron chi connectivity index (χ1n) is 1.70. The topological polar surface area (TPSA) is 30.0 Å². The fourth-order valence-electron chi connectivity index (χ4n) is 0.266. The lowest BCUT2D eigenvalue weighted by Gasteiger charge is -1.61. The van der Waals surface area contributed by atoms with Crippen LogP contribution in [0.5, 0.6) is 0 Å². The monoisotopic (exact) mass is 112 g/mol. The van der Waals surface area contributed by atoms with Crippen LogP contribution in [0.2, 0.25) is 0 Å². The molecule has 0 saturated heterocycles.